The molecule has 0 spiro atoms. The van der Waals surface area contributed by atoms with Crippen LogP contribution in [-0.2, 0) is 10.2 Å². The van der Waals surface area contributed by atoms with Crippen LogP contribution in [0.3, 0.4) is 0 Å². The second-order valence-corrected chi connectivity index (χ2v) is 11.1. The van der Waals surface area contributed by atoms with Crippen LogP contribution in [0.15, 0.2) is 51.2 Å². The van der Waals surface area contributed by atoms with E-state index >= 15 is 0 Å². The van der Waals surface area contributed by atoms with E-state index in [2.05, 4.69) is 5.10 Å². The van der Waals surface area contributed by atoms with Crippen LogP contribution >= 0.6 is 0 Å². The fourth-order valence-corrected chi connectivity index (χ4v) is 4.57. The number of hydrogen-bond acceptors (Lipinski definition) is 7. The summed E-state index contributed by atoms with van der Waals surface area (Å²) in [6.45, 7) is 12.4. The molecule has 40 heavy (non-hydrogen) atoms. The standard InChI is InChI=1S/C30H40F3N3O4/c1-7-39-28-20(3)19(2)27-34-18-21(25(36(27)35-28)9-8-12-30(31,32)33)10-11-26(38)22-15-23(29(4,5)6)17-24(16-22)40-14-13-37/h9,15-17,21,37H,7-8,10-14,18H2,1-6H3/b25-9+. The number of hydrogen-bond donors (Lipinski definition) is 1. The predicted octanol–water partition coefficient (Wildman–Crippen LogP) is 6.57. The summed E-state index contributed by atoms with van der Waals surface area (Å²) >= 11 is 0. The first kappa shape index (κ1) is 31.4. The number of allylic oxidation sites excluding steroid dienone is 1. The molecule has 10 heteroatoms. The summed E-state index contributed by atoms with van der Waals surface area (Å²) in [4.78, 5) is 18.1. The van der Waals surface area contributed by atoms with Gasteiger partial charge in [-0.25, -0.2) is 5.01 Å². The van der Waals surface area contributed by atoms with E-state index in [4.69, 9.17) is 19.6 Å². The Morgan fingerprint density at radius 2 is 1.88 bits per heavy atom. The number of carbonyl (C=O) groups is 1. The minimum Gasteiger partial charge on any atom is -0.491 e. The Morgan fingerprint density at radius 1 is 1.15 bits per heavy atom. The van der Waals surface area contributed by atoms with E-state index in [-0.39, 0.29) is 43.2 Å². The van der Waals surface area contributed by atoms with Crippen molar-refractivity contribution >= 4 is 17.5 Å². The number of ketones is 1. The molecule has 0 aliphatic carbocycles. The molecular formula is C30H40F3N3O4. The number of hydrazone groups is 1. The first-order chi connectivity index (χ1) is 18.7. The van der Waals surface area contributed by atoms with E-state index in [9.17, 15) is 18.0 Å². The highest BCUT2D eigenvalue weighted by molar-refractivity contribution is 6.10. The quantitative estimate of drug-likeness (QED) is 0.326. The van der Waals surface area contributed by atoms with Gasteiger partial charge in [-0.1, -0.05) is 26.8 Å². The Balaban J connectivity index is 1.89. The van der Waals surface area contributed by atoms with Crippen molar-refractivity contribution < 1.29 is 32.5 Å². The van der Waals surface area contributed by atoms with Gasteiger partial charge in [-0.3, -0.25) is 9.79 Å². The number of aliphatic hydroxyl groups is 1. The monoisotopic (exact) mass is 563 g/mol. The molecule has 0 bridgehead atoms. The van der Waals surface area contributed by atoms with Gasteiger partial charge in [0, 0.05) is 47.7 Å². The van der Waals surface area contributed by atoms with Crippen molar-refractivity contribution in [2.75, 3.05) is 26.4 Å². The van der Waals surface area contributed by atoms with Crippen LogP contribution in [0.1, 0.15) is 83.1 Å². The molecule has 1 aromatic rings. The molecule has 3 rings (SSSR count). The molecule has 2 heterocycles. The number of fused-ring (bicyclic) bond motifs is 1. The minimum atomic E-state index is -4.28. The highest BCUT2D eigenvalue weighted by atomic mass is 19.4. The summed E-state index contributed by atoms with van der Waals surface area (Å²) in [5.74, 6) is 1.11. The third-order valence-corrected chi connectivity index (χ3v) is 6.97. The lowest BCUT2D eigenvalue weighted by molar-refractivity contribution is -0.133. The molecule has 0 amide bonds. The average molecular weight is 564 g/mol. The maximum atomic E-state index is 13.4. The van der Waals surface area contributed by atoms with Crippen molar-refractivity contribution in [3.8, 4) is 5.75 Å². The fourth-order valence-electron chi connectivity index (χ4n) is 4.57. The summed E-state index contributed by atoms with van der Waals surface area (Å²) in [5.41, 5.74) is 3.47. The summed E-state index contributed by atoms with van der Waals surface area (Å²) in [6.07, 6.45) is -3.31. The smallest absolute Gasteiger partial charge is 0.389 e. The third-order valence-electron chi connectivity index (χ3n) is 6.97. The van der Waals surface area contributed by atoms with Crippen LogP contribution in [0, 0.1) is 5.92 Å². The van der Waals surface area contributed by atoms with E-state index < -0.39 is 12.6 Å². The van der Waals surface area contributed by atoms with Gasteiger partial charge < -0.3 is 14.6 Å². The number of halogens is 3. The highest BCUT2D eigenvalue weighted by Crippen LogP contribution is 2.35. The zero-order valence-electron chi connectivity index (χ0n) is 24.2. The predicted molar refractivity (Wildman–Crippen MR) is 150 cm³/mol. The molecule has 0 saturated carbocycles. The number of benzene rings is 1. The normalized spacial score (nSPS) is 18.9. The van der Waals surface area contributed by atoms with Crippen molar-refractivity contribution in [1.29, 1.82) is 0 Å². The van der Waals surface area contributed by atoms with Gasteiger partial charge in [0.1, 0.15) is 12.4 Å². The molecule has 0 saturated heterocycles. The second-order valence-electron chi connectivity index (χ2n) is 11.1. The lowest BCUT2D eigenvalue weighted by atomic mass is 9.85. The van der Waals surface area contributed by atoms with E-state index in [1.807, 2.05) is 53.7 Å². The maximum absolute atomic E-state index is 13.4. The minimum absolute atomic E-state index is 0.103. The van der Waals surface area contributed by atoms with Crippen LogP contribution in [0.4, 0.5) is 13.2 Å². The van der Waals surface area contributed by atoms with Gasteiger partial charge in [0.15, 0.2) is 11.6 Å². The van der Waals surface area contributed by atoms with Gasteiger partial charge >= 0.3 is 6.18 Å². The largest absolute Gasteiger partial charge is 0.491 e. The second kappa shape index (κ2) is 13.0. The lowest BCUT2D eigenvalue weighted by Crippen LogP contribution is -2.40. The highest BCUT2D eigenvalue weighted by Gasteiger charge is 2.34. The summed E-state index contributed by atoms with van der Waals surface area (Å²) in [7, 11) is 0. The van der Waals surface area contributed by atoms with Crippen LogP contribution in [-0.4, -0.2) is 60.2 Å². The van der Waals surface area contributed by atoms with Crippen molar-refractivity contribution in [2.24, 2.45) is 16.0 Å². The molecule has 7 nitrogen and oxygen atoms in total. The SMILES string of the molecule is CCOC1=NN2C(=NCC(CCC(=O)c3cc(OCCO)cc(C(C)(C)C)c3)/C2=C\CCC(F)(F)F)C(C)=C1C. The summed E-state index contributed by atoms with van der Waals surface area (Å²) in [5, 5.41) is 15.4. The van der Waals surface area contributed by atoms with Crippen LogP contribution in [0.2, 0.25) is 0 Å². The molecule has 1 atom stereocenters. The Morgan fingerprint density at radius 3 is 2.50 bits per heavy atom. The lowest BCUT2D eigenvalue weighted by Gasteiger charge is -2.36. The van der Waals surface area contributed by atoms with Gasteiger partial charge in [-0.2, -0.15) is 13.2 Å². The van der Waals surface area contributed by atoms with E-state index in [1.54, 1.807) is 17.2 Å². The summed E-state index contributed by atoms with van der Waals surface area (Å²) in [6, 6.07) is 5.39. The van der Waals surface area contributed by atoms with Crippen molar-refractivity contribution in [2.45, 2.75) is 78.8 Å². The molecule has 0 radical (unpaired) electrons. The molecule has 1 unspecified atom stereocenters. The van der Waals surface area contributed by atoms with E-state index in [0.29, 0.717) is 48.3 Å². The van der Waals surface area contributed by atoms with Crippen LogP contribution in [0.5, 0.6) is 5.75 Å². The van der Waals surface area contributed by atoms with Gasteiger partial charge in [0.2, 0.25) is 5.90 Å². The molecule has 1 aromatic carbocycles. The Labute approximate surface area is 234 Å². The molecule has 2 aliphatic rings. The number of ether oxygens (including phenoxy) is 2. The maximum Gasteiger partial charge on any atom is 0.389 e. The number of rotatable bonds is 10. The van der Waals surface area contributed by atoms with Gasteiger partial charge in [-0.05, 0) is 62.8 Å². The molecule has 220 valence electrons. The number of nitrogens with zero attached hydrogens (tertiary/aromatic N) is 3. The van der Waals surface area contributed by atoms with Crippen molar-refractivity contribution in [1.82, 2.24) is 5.01 Å². The number of Topliss-reactive ketones (excluding diaryl/α,β-unsaturated/α-hetero) is 1. The van der Waals surface area contributed by atoms with Crippen molar-refractivity contribution in [3.05, 3.63) is 52.2 Å². The van der Waals surface area contributed by atoms with E-state index in [0.717, 1.165) is 16.7 Å². The first-order valence-corrected chi connectivity index (χ1v) is 13.7. The molecule has 2 aliphatic heterocycles. The average Bonchev–Trinajstić information content (AvgIpc) is 2.88. The molecule has 0 aromatic heterocycles. The molecule has 0 fully saturated rings. The Kier molecular flexibility index (Phi) is 10.2. The Bertz CT molecular complexity index is 1210. The fraction of sp³-hybridized carbons (Fsp3) is 0.567. The number of aliphatic imine (C=N–C) groups is 1. The van der Waals surface area contributed by atoms with Crippen molar-refractivity contribution in [3.63, 3.8) is 0 Å². The van der Waals surface area contributed by atoms with Gasteiger partial charge in [0.05, 0.1) is 13.2 Å². The van der Waals surface area contributed by atoms with Gasteiger partial charge in [-0.15, -0.1) is 5.10 Å². The van der Waals surface area contributed by atoms with Gasteiger partial charge in [0.25, 0.3) is 0 Å². The molecule has 1 N–H and O–H groups in total. The zero-order valence-corrected chi connectivity index (χ0v) is 24.2. The van der Waals surface area contributed by atoms with E-state index in [1.165, 1.54) is 0 Å². The van der Waals surface area contributed by atoms with Crippen LogP contribution in [0.25, 0.3) is 0 Å². The number of amidine groups is 1. The summed E-state index contributed by atoms with van der Waals surface area (Å²) < 4.78 is 50.3. The number of carbonyl (C=O) groups excluding carboxylic acids is 1. The van der Waals surface area contributed by atoms with Crippen LogP contribution < -0.4 is 4.74 Å². The first-order valence-electron chi connectivity index (χ1n) is 13.7. The number of aliphatic hydroxyl groups excluding tert-OH is 1. The number of alkyl halides is 3. The Hall–Kier alpha value is -3.14. The molecular weight excluding hydrogens is 523 g/mol. The topological polar surface area (TPSA) is 83.7 Å². The zero-order chi connectivity index (χ0) is 29.7. The third kappa shape index (κ3) is 7.96.